The number of fused-ring (bicyclic) bond motifs is 1. The topological polar surface area (TPSA) is 196 Å². The van der Waals surface area contributed by atoms with Crippen LogP contribution in [0.1, 0.15) is 0 Å². The van der Waals surface area contributed by atoms with E-state index in [9.17, 15) is 40.2 Å². The van der Waals surface area contributed by atoms with Crippen molar-refractivity contribution in [2.24, 2.45) is 0 Å². The second kappa shape index (κ2) is 8.83. The molecule has 0 radical (unpaired) electrons. The monoisotopic (exact) mass is 476 g/mol. The summed E-state index contributed by atoms with van der Waals surface area (Å²) in [6.45, 7) is 0. The summed E-state index contributed by atoms with van der Waals surface area (Å²) in [5.41, 5.74) is -0.760. The van der Waals surface area contributed by atoms with Crippen molar-refractivity contribution in [3.05, 3.63) is 46.6 Å². The Morgan fingerprint density at radius 3 is 2.29 bits per heavy atom. The maximum absolute atomic E-state index is 13.4. The number of methoxy groups -OCH3 is 1. The molecular formula is C22H20O12. The highest BCUT2D eigenvalue weighted by Crippen LogP contribution is 2.37. The number of phenolic OH excluding ortho intramolecular Hbond substituents is 2. The van der Waals surface area contributed by atoms with E-state index in [1.165, 1.54) is 37.4 Å². The standard InChI is InChI=1S/C22H20O12/c1-31-10-6-11(24)13-12(7-10)32-18(8-2-4-9(23)5-3-8)19(14(13)25)33-22-17(28)15(26)16(27)20(34-22)21(29)30/h2-7,15-17,20,22-24,26-28H,1H3,(H,29,30)/t15-,16-,17+,20+,22+/m1/s1. The largest absolute Gasteiger partial charge is 0.508 e. The van der Waals surface area contributed by atoms with Crippen LogP contribution in [0, 0.1) is 0 Å². The number of ether oxygens (including phenoxy) is 3. The first-order chi connectivity index (χ1) is 16.1. The molecule has 0 aliphatic carbocycles. The number of aliphatic carboxylic acids is 1. The first-order valence-corrected chi connectivity index (χ1v) is 9.88. The zero-order valence-corrected chi connectivity index (χ0v) is 17.5. The van der Waals surface area contributed by atoms with Crippen LogP contribution in [0.5, 0.6) is 23.0 Å². The molecule has 4 rings (SSSR count). The second-order valence-electron chi connectivity index (χ2n) is 7.51. The van der Waals surface area contributed by atoms with E-state index in [1.54, 1.807) is 0 Å². The molecular weight excluding hydrogens is 456 g/mol. The number of aliphatic hydroxyl groups is 3. The van der Waals surface area contributed by atoms with Gasteiger partial charge in [-0.15, -0.1) is 0 Å². The molecule has 3 aromatic rings. The van der Waals surface area contributed by atoms with Crippen molar-refractivity contribution in [1.29, 1.82) is 0 Å². The SMILES string of the molecule is COc1cc(O)c2c(=O)c(O[C@H]3O[C@H](C(=O)O)[C@H](O)[C@@H](O)[C@@H]3O)c(-c3ccc(O)cc3)oc2c1. The van der Waals surface area contributed by atoms with E-state index in [4.69, 9.17) is 18.6 Å². The van der Waals surface area contributed by atoms with Crippen LogP contribution in [0.25, 0.3) is 22.3 Å². The molecule has 0 amide bonds. The summed E-state index contributed by atoms with van der Waals surface area (Å²) in [4.78, 5) is 24.8. The fraction of sp³-hybridized carbons (Fsp3) is 0.273. The number of aliphatic hydroxyl groups excluding tert-OH is 3. The van der Waals surface area contributed by atoms with E-state index >= 15 is 0 Å². The predicted molar refractivity (Wildman–Crippen MR) is 113 cm³/mol. The van der Waals surface area contributed by atoms with Gasteiger partial charge in [-0.1, -0.05) is 0 Å². The number of carboxylic acid groups (broad SMARTS) is 1. The minimum Gasteiger partial charge on any atom is -0.508 e. The Balaban J connectivity index is 1.90. The molecule has 6 N–H and O–H groups in total. The first kappa shape index (κ1) is 23.3. The second-order valence-corrected chi connectivity index (χ2v) is 7.51. The van der Waals surface area contributed by atoms with Crippen molar-refractivity contribution in [3.8, 4) is 34.3 Å². The van der Waals surface area contributed by atoms with Crippen molar-refractivity contribution in [2.45, 2.75) is 30.7 Å². The minimum atomic E-state index is -1.97. The lowest BCUT2D eigenvalue weighted by molar-refractivity contribution is -0.271. The van der Waals surface area contributed by atoms with Crippen LogP contribution in [0.2, 0.25) is 0 Å². The van der Waals surface area contributed by atoms with Crippen LogP contribution in [0.3, 0.4) is 0 Å². The summed E-state index contributed by atoms with van der Waals surface area (Å²) in [5.74, 6) is -2.84. The van der Waals surface area contributed by atoms with Crippen molar-refractivity contribution in [2.75, 3.05) is 7.11 Å². The zero-order chi connectivity index (χ0) is 24.7. The molecule has 12 nitrogen and oxygen atoms in total. The lowest BCUT2D eigenvalue weighted by atomic mass is 9.99. The van der Waals surface area contributed by atoms with Gasteiger partial charge >= 0.3 is 5.97 Å². The number of carbonyl (C=O) groups is 1. The zero-order valence-electron chi connectivity index (χ0n) is 17.5. The van der Waals surface area contributed by atoms with Gasteiger partial charge < -0.3 is 49.3 Å². The van der Waals surface area contributed by atoms with Gasteiger partial charge in [0.15, 0.2) is 11.9 Å². The summed E-state index contributed by atoms with van der Waals surface area (Å²) in [6, 6.07) is 7.90. The number of hydrogen-bond acceptors (Lipinski definition) is 11. The molecule has 12 heteroatoms. The fourth-order valence-corrected chi connectivity index (χ4v) is 3.55. The van der Waals surface area contributed by atoms with Crippen LogP contribution in [0.4, 0.5) is 0 Å². The number of rotatable bonds is 5. The smallest absolute Gasteiger partial charge is 0.335 e. The summed E-state index contributed by atoms with van der Waals surface area (Å²) in [7, 11) is 1.34. The quantitative estimate of drug-likeness (QED) is 0.292. The molecule has 5 atom stereocenters. The van der Waals surface area contributed by atoms with Crippen LogP contribution >= 0.6 is 0 Å². The molecule has 0 unspecified atom stereocenters. The highest BCUT2D eigenvalue weighted by molar-refractivity contribution is 5.88. The van der Waals surface area contributed by atoms with Crippen LogP contribution in [-0.2, 0) is 9.53 Å². The highest BCUT2D eigenvalue weighted by atomic mass is 16.7. The Morgan fingerprint density at radius 1 is 1.00 bits per heavy atom. The Kier molecular flexibility index (Phi) is 6.06. The van der Waals surface area contributed by atoms with E-state index in [0.29, 0.717) is 0 Å². The first-order valence-electron chi connectivity index (χ1n) is 9.88. The van der Waals surface area contributed by atoms with Crippen molar-refractivity contribution in [3.63, 3.8) is 0 Å². The summed E-state index contributed by atoms with van der Waals surface area (Å²) in [6.07, 6.45) is -9.75. The van der Waals surface area contributed by atoms with Gasteiger partial charge in [-0.05, 0) is 24.3 Å². The normalized spacial score (nSPS) is 24.6. The van der Waals surface area contributed by atoms with Gasteiger partial charge in [0, 0.05) is 17.7 Å². The van der Waals surface area contributed by atoms with Crippen LogP contribution in [0.15, 0.2) is 45.6 Å². The number of hydrogen-bond donors (Lipinski definition) is 6. The van der Waals surface area contributed by atoms with E-state index in [-0.39, 0.29) is 33.8 Å². The number of phenols is 2. The molecule has 2 aromatic carbocycles. The Hall–Kier alpha value is -3.84. The third-order valence-corrected chi connectivity index (χ3v) is 5.32. The number of aromatic hydroxyl groups is 2. The van der Waals surface area contributed by atoms with Gasteiger partial charge in [0.05, 0.1) is 7.11 Å². The lowest BCUT2D eigenvalue weighted by Crippen LogP contribution is -2.61. The van der Waals surface area contributed by atoms with Crippen LogP contribution < -0.4 is 14.9 Å². The maximum atomic E-state index is 13.4. The van der Waals surface area contributed by atoms with Crippen LogP contribution in [-0.4, -0.2) is 74.4 Å². The highest BCUT2D eigenvalue weighted by Gasteiger charge is 2.48. The lowest BCUT2D eigenvalue weighted by Gasteiger charge is -2.38. The minimum absolute atomic E-state index is 0.0822. The molecule has 2 heterocycles. The van der Waals surface area contributed by atoms with Crippen molar-refractivity contribution < 1.29 is 54.1 Å². The Labute approximate surface area is 190 Å². The van der Waals surface area contributed by atoms with E-state index in [1.807, 2.05) is 0 Å². The maximum Gasteiger partial charge on any atom is 0.335 e. The molecule has 1 aliphatic rings. The number of carboxylic acids is 1. The van der Waals surface area contributed by atoms with Gasteiger partial charge in [-0.25, -0.2) is 4.79 Å². The third-order valence-electron chi connectivity index (χ3n) is 5.32. The molecule has 0 saturated carbocycles. The molecule has 34 heavy (non-hydrogen) atoms. The summed E-state index contributed by atoms with van der Waals surface area (Å²) in [5, 5.41) is 59.2. The number of benzene rings is 2. The van der Waals surface area contributed by atoms with Gasteiger partial charge in [-0.2, -0.15) is 0 Å². The van der Waals surface area contributed by atoms with E-state index < -0.39 is 53.6 Å². The van der Waals surface area contributed by atoms with Gasteiger partial charge in [0.1, 0.15) is 46.5 Å². The van der Waals surface area contributed by atoms with Gasteiger partial charge in [0.25, 0.3) is 0 Å². The Morgan fingerprint density at radius 2 is 1.68 bits per heavy atom. The molecule has 180 valence electrons. The van der Waals surface area contributed by atoms with E-state index in [0.717, 1.165) is 6.07 Å². The molecule has 1 aromatic heterocycles. The van der Waals surface area contributed by atoms with Crippen molar-refractivity contribution in [1.82, 2.24) is 0 Å². The van der Waals surface area contributed by atoms with Crippen molar-refractivity contribution >= 4 is 16.9 Å². The summed E-state index contributed by atoms with van der Waals surface area (Å²) >= 11 is 0. The summed E-state index contributed by atoms with van der Waals surface area (Å²) < 4.78 is 21.5. The van der Waals surface area contributed by atoms with E-state index in [2.05, 4.69) is 0 Å². The third kappa shape index (κ3) is 3.99. The Bertz CT molecular complexity index is 1280. The predicted octanol–water partition coefficient (Wildman–Crippen LogP) is 0.151. The average molecular weight is 476 g/mol. The molecule has 1 fully saturated rings. The molecule has 0 bridgehead atoms. The molecule has 0 spiro atoms. The molecule has 1 aliphatic heterocycles. The van der Waals surface area contributed by atoms with Gasteiger partial charge in [-0.3, -0.25) is 4.79 Å². The molecule has 1 saturated heterocycles. The average Bonchev–Trinajstić information content (AvgIpc) is 2.80. The van der Waals surface area contributed by atoms with Gasteiger partial charge in [0.2, 0.25) is 17.5 Å². The fourth-order valence-electron chi connectivity index (χ4n) is 3.55.